The fraction of sp³-hybridized carbons (Fsp3) is 0. The summed E-state index contributed by atoms with van der Waals surface area (Å²) in [5.41, 5.74) is 9.05. The van der Waals surface area contributed by atoms with E-state index < -0.39 is 0 Å². The molecule has 19 heavy (non-hydrogen) atoms. The summed E-state index contributed by atoms with van der Waals surface area (Å²) < 4.78 is 0. The molecule has 0 spiro atoms. The molecule has 0 amide bonds. The number of hydrogen-bond acceptors (Lipinski definition) is 4. The number of rotatable bonds is 1. The highest BCUT2D eigenvalue weighted by molar-refractivity contribution is 6.23. The number of anilines is 1. The minimum absolute atomic E-state index is 0.0909. The Morgan fingerprint density at radius 2 is 1.84 bits per heavy atom. The third-order valence-electron chi connectivity index (χ3n) is 2.85. The van der Waals surface area contributed by atoms with Gasteiger partial charge in [-0.2, -0.15) is 0 Å². The van der Waals surface area contributed by atoms with Gasteiger partial charge in [-0.05, 0) is 48.6 Å². The first-order valence-electron chi connectivity index (χ1n) is 5.86. The lowest BCUT2D eigenvalue weighted by atomic mass is 9.99. The number of carbonyl (C=O) groups excluding carboxylic acids is 1. The van der Waals surface area contributed by atoms with Crippen molar-refractivity contribution in [2.45, 2.75) is 0 Å². The summed E-state index contributed by atoms with van der Waals surface area (Å²) in [7, 11) is 0. The molecule has 0 saturated heterocycles. The number of carbonyl (C=O) groups is 1. The Labute approximate surface area is 110 Å². The van der Waals surface area contributed by atoms with Crippen molar-refractivity contribution in [1.29, 1.82) is 0 Å². The normalized spacial score (nSPS) is 15.6. The first kappa shape index (κ1) is 11.3. The maximum absolute atomic E-state index is 11.7. The summed E-state index contributed by atoms with van der Waals surface area (Å²) in [6.45, 7) is 0. The summed E-state index contributed by atoms with van der Waals surface area (Å²) >= 11 is 0. The molecular weight excluding hydrogens is 238 g/mol. The van der Waals surface area contributed by atoms with Crippen LogP contribution in [0.5, 0.6) is 0 Å². The van der Waals surface area contributed by atoms with E-state index in [0.29, 0.717) is 11.4 Å². The molecule has 4 nitrogen and oxygen atoms in total. The molecule has 0 atom stereocenters. The van der Waals surface area contributed by atoms with E-state index in [-0.39, 0.29) is 5.78 Å². The second-order valence-corrected chi connectivity index (χ2v) is 4.19. The molecule has 2 aromatic rings. The molecule has 1 aromatic heterocycles. The quantitative estimate of drug-likeness (QED) is 0.789. The molecule has 0 unspecified atom stereocenters. The maximum Gasteiger partial charge on any atom is 0.204 e. The van der Waals surface area contributed by atoms with E-state index in [4.69, 9.17) is 5.73 Å². The van der Waals surface area contributed by atoms with Crippen molar-refractivity contribution >= 4 is 22.9 Å². The first-order chi connectivity index (χ1) is 9.24. The fourth-order valence-electron chi connectivity index (χ4n) is 1.92. The maximum atomic E-state index is 11.7. The predicted octanol–water partition coefficient (Wildman–Crippen LogP) is 2.54. The minimum Gasteiger partial charge on any atom is -0.399 e. The van der Waals surface area contributed by atoms with E-state index in [1.807, 2.05) is 18.2 Å². The summed E-state index contributed by atoms with van der Waals surface area (Å²) in [6, 6.07) is 10.9. The SMILES string of the molecule is Nc1ccc(/N=C2\C=CC(=O)c3ncccc32)cc1. The monoisotopic (exact) mass is 249 g/mol. The van der Waals surface area contributed by atoms with Crippen molar-refractivity contribution in [2.75, 3.05) is 5.73 Å². The molecule has 0 bridgehead atoms. The van der Waals surface area contributed by atoms with Gasteiger partial charge in [0, 0.05) is 17.4 Å². The van der Waals surface area contributed by atoms with E-state index in [1.54, 1.807) is 30.5 Å². The highest BCUT2D eigenvalue weighted by Crippen LogP contribution is 2.20. The fourth-order valence-corrected chi connectivity index (χ4v) is 1.92. The molecule has 0 fully saturated rings. The number of pyridine rings is 1. The molecule has 0 radical (unpaired) electrons. The second-order valence-electron chi connectivity index (χ2n) is 4.19. The topological polar surface area (TPSA) is 68.3 Å². The minimum atomic E-state index is -0.0909. The molecule has 0 aliphatic heterocycles. The lowest BCUT2D eigenvalue weighted by Crippen LogP contribution is -2.13. The predicted molar refractivity (Wildman–Crippen MR) is 74.8 cm³/mol. The smallest absolute Gasteiger partial charge is 0.204 e. The highest BCUT2D eigenvalue weighted by Gasteiger charge is 2.18. The standard InChI is InChI=1S/C15H11N3O/c16-10-3-5-11(6-4-10)18-13-7-8-14(19)15-12(13)2-1-9-17-15/h1-9H,16H2/b18-13+. The molecule has 0 saturated carbocycles. The molecule has 1 heterocycles. The number of benzene rings is 1. The summed E-state index contributed by atoms with van der Waals surface area (Å²) in [5.74, 6) is -0.0909. The third kappa shape index (κ3) is 2.15. The summed E-state index contributed by atoms with van der Waals surface area (Å²) in [4.78, 5) is 20.3. The van der Waals surface area contributed by atoms with Crippen molar-refractivity contribution in [2.24, 2.45) is 4.99 Å². The van der Waals surface area contributed by atoms with Crippen molar-refractivity contribution in [3.63, 3.8) is 0 Å². The van der Waals surface area contributed by atoms with Crippen LogP contribution in [0.1, 0.15) is 16.1 Å². The zero-order valence-electron chi connectivity index (χ0n) is 10.1. The number of hydrogen-bond donors (Lipinski definition) is 1. The van der Waals surface area contributed by atoms with Crippen molar-refractivity contribution in [3.05, 3.63) is 66.0 Å². The van der Waals surface area contributed by atoms with Crippen LogP contribution < -0.4 is 5.73 Å². The van der Waals surface area contributed by atoms with Crippen LogP contribution in [-0.2, 0) is 0 Å². The van der Waals surface area contributed by atoms with E-state index in [1.165, 1.54) is 6.08 Å². The van der Waals surface area contributed by atoms with Crippen LogP contribution in [0, 0.1) is 0 Å². The lowest BCUT2D eigenvalue weighted by molar-refractivity contribution is 0.104. The average Bonchev–Trinajstić information content (AvgIpc) is 2.45. The number of allylic oxidation sites excluding steroid dienone is 2. The van der Waals surface area contributed by atoms with Gasteiger partial charge < -0.3 is 5.73 Å². The molecule has 1 aliphatic rings. The van der Waals surface area contributed by atoms with Gasteiger partial charge in [0.05, 0.1) is 11.4 Å². The molecule has 1 aliphatic carbocycles. The zero-order chi connectivity index (χ0) is 13.2. The Balaban J connectivity index is 2.08. The number of fused-ring (bicyclic) bond motifs is 1. The largest absolute Gasteiger partial charge is 0.399 e. The molecular formula is C15H11N3O. The molecule has 4 heteroatoms. The molecule has 2 N–H and O–H groups in total. The van der Waals surface area contributed by atoms with Crippen LogP contribution >= 0.6 is 0 Å². The van der Waals surface area contributed by atoms with E-state index in [9.17, 15) is 4.79 Å². The number of nitrogens with zero attached hydrogens (tertiary/aromatic N) is 2. The summed E-state index contributed by atoms with van der Waals surface area (Å²) in [5, 5.41) is 0. The second kappa shape index (κ2) is 4.49. The van der Waals surface area contributed by atoms with Crippen LogP contribution in [0.2, 0.25) is 0 Å². The number of ketones is 1. The van der Waals surface area contributed by atoms with Crippen molar-refractivity contribution < 1.29 is 4.79 Å². The van der Waals surface area contributed by atoms with Crippen LogP contribution in [0.4, 0.5) is 11.4 Å². The van der Waals surface area contributed by atoms with E-state index in [2.05, 4.69) is 9.98 Å². The number of nitrogens with two attached hydrogens (primary N) is 1. The molecule has 3 rings (SSSR count). The van der Waals surface area contributed by atoms with Crippen LogP contribution in [-0.4, -0.2) is 16.5 Å². The van der Waals surface area contributed by atoms with Gasteiger partial charge in [-0.15, -0.1) is 0 Å². The van der Waals surface area contributed by atoms with Gasteiger partial charge in [0.15, 0.2) is 0 Å². The number of aliphatic imine (C=N–C) groups is 1. The van der Waals surface area contributed by atoms with Crippen LogP contribution in [0.25, 0.3) is 0 Å². The van der Waals surface area contributed by atoms with E-state index >= 15 is 0 Å². The number of nitrogen functional groups attached to an aromatic ring is 1. The Kier molecular flexibility index (Phi) is 2.68. The van der Waals surface area contributed by atoms with Gasteiger partial charge in [-0.3, -0.25) is 9.78 Å². The highest BCUT2D eigenvalue weighted by atomic mass is 16.1. The Hall–Kier alpha value is -2.75. The molecule has 92 valence electrons. The van der Waals surface area contributed by atoms with Gasteiger partial charge in [0.1, 0.15) is 5.69 Å². The van der Waals surface area contributed by atoms with Crippen LogP contribution in [0.15, 0.2) is 59.7 Å². The lowest BCUT2D eigenvalue weighted by Gasteiger charge is -2.10. The van der Waals surface area contributed by atoms with Gasteiger partial charge in [0.25, 0.3) is 0 Å². The van der Waals surface area contributed by atoms with Gasteiger partial charge in [0.2, 0.25) is 5.78 Å². The van der Waals surface area contributed by atoms with Gasteiger partial charge in [-0.1, -0.05) is 0 Å². The Bertz CT molecular complexity index is 700. The van der Waals surface area contributed by atoms with Gasteiger partial charge in [-0.25, -0.2) is 4.99 Å². The first-order valence-corrected chi connectivity index (χ1v) is 5.86. The van der Waals surface area contributed by atoms with Crippen LogP contribution in [0.3, 0.4) is 0 Å². The number of aromatic nitrogens is 1. The van der Waals surface area contributed by atoms with Crippen molar-refractivity contribution in [3.8, 4) is 0 Å². The average molecular weight is 249 g/mol. The van der Waals surface area contributed by atoms with Gasteiger partial charge >= 0.3 is 0 Å². The van der Waals surface area contributed by atoms with Crippen molar-refractivity contribution in [1.82, 2.24) is 4.98 Å². The Morgan fingerprint density at radius 3 is 2.63 bits per heavy atom. The summed E-state index contributed by atoms with van der Waals surface area (Å²) in [6.07, 6.45) is 4.81. The Morgan fingerprint density at radius 1 is 1.05 bits per heavy atom. The third-order valence-corrected chi connectivity index (χ3v) is 2.85. The molecule has 1 aromatic carbocycles. The van der Waals surface area contributed by atoms with E-state index in [0.717, 1.165) is 17.0 Å². The zero-order valence-corrected chi connectivity index (χ0v) is 10.1.